The monoisotopic (exact) mass is 302 g/mol. The predicted octanol–water partition coefficient (Wildman–Crippen LogP) is 2.20. The zero-order chi connectivity index (χ0) is 15.2. The number of hydrogen-bond acceptors (Lipinski definition) is 6. The molecule has 1 saturated carbocycles. The van der Waals surface area contributed by atoms with Gasteiger partial charge in [-0.1, -0.05) is 0 Å². The molecule has 22 heavy (non-hydrogen) atoms. The van der Waals surface area contributed by atoms with Crippen molar-refractivity contribution < 1.29 is 9.47 Å². The van der Waals surface area contributed by atoms with Gasteiger partial charge >= 0.3 is 0 Å². The molecular weight excluding hydrogens is 280 g/mol. The molecule has 1 heterocycles. The first-order chi connectivity index (χ1) is 10.8. The first-order valence-electron chi connectivity index (χ1n) is 7.75. The largest absolute Gasteiger partial charge is 0.493 e. The lowest BCUT2D eigenvalue weighted by Gasteiger charge is -2.16. The lowest BCUT2D eigenvalue weighted by molar-refractivity contribution is 0.201. The fourth-order valence-electron chi connectivity index (χ4n) is 2.68. The number of ether oxygens (including phenoxy) is 2. The van der Waals surface area contributed by atoms with E-state index in [2.05, 4.69) is 15.6 Å². The predicted molar refractivity (Wildman–Crippen MR) is 86.7 cm³/mol. The number of hydrazine groups is 1. The molecule has 6 nitrogen and oxygen atoms in total. The quantitative estimate of drug-likeness (QED) is 0.646. The van der Waals surface area contributed by atoms with E-state index in [-0.39, 0.29) is 0 Å². The summed E-state index contributed by atoms with van der Waals surface area (Å²) in [6.07, 6.45) is 8.56. The van der Waals surface area contributed by atoms with E-state index >= 15 is 0 Å². The molecule has 118 valence electrons. The Balaban J connectivity index is 1.65. The van der Waals surface area contributed by atoms with Gasteiger partial charge in [-0.3, -0.25) is 10.0 Å². The molecule has 0 amide bonds. The molecule has 0 radical (unpaired) electrons. The molecular formula is C16H22N4O2. The number of hydrogen-bond donors (Lipinski definition) is 1. The minimum atomic E-state index is 0.306. The van der Waals surface area contributed by atoms with Crippen LogP contribution in [0.5, 0.6) is 11.5 Å². The third kappa shape index (κ3) is 3.69. The molecule has 3 rings (SSSR count). The maximum Gasteiger partial charge on any atom is 0.162 e. The average Bonchev–Trinajstić information content (AvgIpc) is 3.21. The highest BCUT2D eigenvalue weighted by Crippen LogP contribution is 2.32. The van der Waals surface area contributed by atoms with Crippen LogP contribution in [0.1, 0.15) is 31.2 Å². The van der Waals surface area contributed by atoms with E-state index in [9.17, 15) is 0 Å². The van der Waals surface area contributed by atoms with Crippen LogP contribution in [0.2, 0.25) is 0 Å². The summed E-state index contributed by atoms with van der Waals surface area (Å²) in [5.41, 5.74) is 3.90. The van der Waals surface area contributed by atoms with E-state index in [4.69, 9.17) is 9.47 Å². The normalized spacial score (nSPS) is 18.3. The number of methoxy groups -OCH3 is 1. The highest BCUT2D eigenvalue weighted by atomic mass is 16.5. The Labute approximate surface area is 130 Å². The van der Waals surface area contributed by atoms with Gasteiger partial charge in [0.25, 0.3) is 0 Å². The van der Waals surface area contributed by atoms with Crippen molar-refractivity contribution in [3.05, 3.63) is 23.8 Å². The van der Waals surface area contributed by atoms with Gasteiger partial charge in [-0.05, 0) is 49.4 Å². The Morgan fingerprint density at radius 1 is 1.32 bits per heavy atom. The number of hydrazone groups is 1. The molecule has 0 aromatic heterocycles. The van der Waals surface area contributed by atoms with Gasteiger partial charge in [0.15, 0.2) is 11.5 Å². The maximum atomic E-state index is 6.08. The summed E-state index contributed by atoms with van der Waals surface area (Å²) in [5, 5.41) is 6.06. The van der Waals surface area contributed by atoms with E-state index in [0.29, 0.717) is 6.10 Å². The molecule has 1 N–H and O–H groups in total. The molecule has 1 aromatic rings. The van der Waals surface area contributed by atoms with Crippen LogP contribution in [0.4, 0.5) is 0 Å². The summed E-state index contributed by atoms with van der Waals surface area (Å²) < 4.78 is 11.5. The van der Waals surface area contributed by atoms with Gasteiger partial charge in [0.05, 0.1) is 32.5 Å². The molecule has 0 atom stereocenters. The summed E-state index contributed by atoms with van der Waals surface area (Å²) in [6.45, 7) is 1.65. The van der Waals surface area contributed by atoms with Gasteiger partial charge in [0.1, 0.15) is 6.34 Å². The van der Waals surface area contributed by atoms with E-state index in [1.807, 2.05) is 23.2 Å². The average molecular weight is 302 g/mol. The van der Waals surface area contributed by atoms with Crippen LogP contribution < -0.4 is 15.0 Å². The Morgan fingerprint density at radius 2 is 2.18 bits per heavy atom. The Kier molecular flexibility index (Phi) is 4.78. The van der Waals surface area contributed by atoms with Crippen molar-refractivity contribution in [2.75, 3.05) is 20.2 Å². The van der Waals surface area contributed by atoms with Gasteiger partial charge in [0, 0.05) is 0 Å². The van der Waals surface area contributed by atoms with Gasteiger partial charge in [0.2, 0.25) is 0 Å². The Hall–Kier alpha value is -2.24. The molecule has 0 unspecified atom stereocenters. The summed E-state index contributed by atoms with van der Waals surface area (Å²) >= 11 is 0. The lowest BCUT2D eigenvalue weighted by Crippen LogP contribution is -2.31. The van der Waals surface area contributed by atoms with Crippen molar-refractivity contribution in [3.8, 4) is 11.5 Å². The number of rotatable bonds is 6. The molecule has 0 saturated heterocycles. The Morgan fingerprint density at radius 3 is 2.91 bits per heavy atom. The number of nitrogens with zero attached hydrogens (tertiary/aromatic N) is 3. The minimum absolute atomic E-state index is 0.306. The second-order valence-electron chi connectivity index (χ2n) is 5.51. The molecule has 2 aliphatic rings. The third-order valence-corrected chi connectivity index (χ3v) is 3.87. The van der Waals surface area contributed by atoms with Crippen molar-refractivity contribution in [1.29, 1.82) is 0 Å². The highest BCUT2D eigenvalue weighted by molar-refractivity contribution is 5.80. The van der Waals surface area contributed by atoms with Crippen LogP contribution in [0, 0.1) is 0 Å². The van der Waals surface area contributed by atoms with Crippen LogP contribution in [0.25, 0.3) is 0 Å². The summed E-state index contributed by atoms with van der Waals surface area (Å²) in [6, 6.07) is 5.85. The molecule has 1 aliphatic carbocycles. The third-order valence-electron chi connectivity index (χ3n) is 3.87. The minimum Gasteiger partial charge on any atom is -0.493 e. The SMILES string of the molecule is COc1ccc(/C=N/NN2C=NCC2)cc1OC1CCCC1. The van der Waals surface area contributed by atoms with Crippen molar-refractivity contribution in [3.63, 3.8) is 0 Å². The highest BCUT2D eigenvalue weighted by Gasteiger charge is 2.18. The summed E-state index contributed by atoms with van der Waals surface area (Å²) in [7, 11) is 1.67. The molecule has 6 heteroatoms. The van der Waals surface area contributed by atoms with Crippen LogP contribution in [-0.4, -0.2) is 43.9 Å². The van der Waals surface area contributed by atoms with Crippen LogP contribution in [0.15, 0.2) is 28.3 Å². The van der Waals surface area contributed by atoms with E-state index in [1.165, 1.54) is 12.8 Å². The first kappa shape index (κ1) is 14.7. The number of aliphatic imine (C=N–C) groups is 1. The number of benzene rings is 1. The van der Waals surface area contributed by atoms with Gasteiger partial charge in [-0.15, -0.1) is 0 Å². The Bertz CT molecular complexity index is 553. The van der Waals surface area contributed by atoms with E-state index in [0.717, 1.165) is 43.0 Å². The van der Waals surface area contributed by atoms with Crippen LogP contribution >= 0.6 is 0 Å². The standard InChI is InChI=1S/C16H22N4O2/c1-21-15-7-6-13(11-18-19-20-9-8-17-12-20)10-16(15)22-14-4-2-3-5-14/h6-7,10-12,14,19H,2-5,8-9H2,1H3/b18-11+. The van der Waals surface area contributed by atoms with Crippen molar-refractivity contribution in [2.24, 2.45) is 10.1 Å². The second kappa shape index (κ2) is 7.15. The summed E-state index contributed by atoms with van der Waals surface area (Å²) in [5.74, 6) is 1.56. The number of nitrogens with one attached hydrogen (secondary N) is 1. The van der Waals surface area contributed by atoms with Gasteiger partial charge < -0.3 is 9.47 Å². The maximum absolute atomic E-state index is 6.08. The molecule has 0 spiro atoms. The smallest absolute Gasteiger partial charge is 0.162 e. The van der Waals surface area contributed by atoms with Gasteiger partial charge in [-0.25, -0.2) is 5.53 Å². The van der Waals surface area contributed by atoms with Crippen LogP contribution in [0.3, 0.4) is 0 Å². The molecule has 1 aromatic carbocycles. The fraction of sp³-hybridized carbons (Fsp3) is 0.500. The fourth-order valence-corrected chi connectivity index (χ4v) is 2.68. The topological polar surface area (TPSA) is 58.5 Å². The zero-order valence-electron chi connectivity index (χ0n) is 12.9. The molecule has 0 bridgehead atoms. The van der Waals surface area contributed by atoms with Crippen molar-refractivity contribution in [1.82, 2.24) is 10.5 Å². The van der Waals surface area contributed by atoms with Gasteiger partial charge in [-0.2, -0.15) is 5.10 Å². The summed E-state index contributed by atoms with van der Waals surface area (Å²) in [4.78, 5) is 4.11. The lowest BCUT2D eigenvalue weighted by atomic mass is 10.2. The second-order valence-corrected chi connectivity index (χ2v) is 5.51. The zero-order valence-corrected chi connectivity index (χ0v) is 12.9. The van der Waals surface area contributed by atoms with E-state index < -0.39 is 0 Å². The van der Waals surface area contributed by atoms with Crippen molar-refractivity contribution >= 4 is 12.6 Å². The molecule has 1 fully saturated rings. The van der Waals surface area contributed by atoms with E-state index in [1.54, 1.807) is 19.7 Å². The molecule has 1 aliphatic heterocycles. The van der Waals surface area contributed by atoms with Crippen LogP contribution in [-0.2, 0) is 0 Å². The first-order valence-corrected chi connectivity index (χ1v) is 7.75. The van der Waals surface area contributed by atoms with Crippen molar-refractivity contribution in [2.45, 2.75) is 31.8 Å².